The third-order valence-electron chi connectivity index (χ3n) is 7.69. The molecule has 0 aliphatic carbocycles. The van der Waals surface area contributed by atoms with Crippen LogP contribution in [-0.4, -0.2) is 57.3 Å². The molecule has 0 spiro atoms. The molecule has 13 heteroatoms. The molecule has 202 valence electrons. The summed E-state index contributed by atoms with van der Waals surface area (Å²) in [6.45, 7) is 0. The summed E-state index contributed by atoms with van der Waals surface area (Å²) < 4.78 is 54.7. The molecule has 2 aliphatic heterocycles. The fourth-order valence-corrected chi connectivity index (χ4v) is 7.11. The fourth-order valence-electron chi connectivity index (χ4n) is 6.05. The van der Waals surface area contributed by atoms with Gasteiger partial charge in [-0.1, -0.05) is 6.07 Å². The van der Waals surface area contributed by atoms with Crippen molar-refractivity contribution in [2.45, 2.75) is 48.6 Å². The molecule has 5 heterocycles. The maximum Gasteiger partial charge on any atom is 0.315 e. The molecular formula is C26H25F2N7O3S. The number of halogens is 2. The first-order valence-electron chi connectivity index (χ1n) is 12.4. The van der Waals surface area contributed by atoms with Crippen LogP contribution in [0.2, 0.25) is 0 Å². The van der Waals surface area contributed by atoms with Gasteiger partial charge in [-0.15, -0.1) is 0 Å². The Kier molecular flexibility index (Phi) is 5.79. The van der Waals surface area contributed by atoms with Crippen molar-refractivity contribution in [2.75, 3.05) is 12.0 Å². The lowest BCUT2D eigenvalue weighted by Crippen LogP contribution is -2.48. The van der Waals surface area contributed by atoms with Crippen LogP contribution in [0.1, 0.15) is 37.3 Å². The number of piperidine rings is 1. The molecule has 39 heavy (non-hydrogen) atoms. The topological polar surface area (TPSA) is 150 Å². The molecule has 4 N–H and O–H groups in total. The molecule has 0 radical (unpaired) electrons. The number of hydrogen-bond donors (Lipinski definition) is 2. The molecule has 2 amide bonds. The first-order chi connectivity index (χ1) is 18.5. The van der Waals surface area contributed by atoms with E-state index in [1.807, 2.05) is 0 Å². The molecule has 3 aromatic heterocycles. The summed E-state index contributed by atoms with van der Waals surface area (Å²) >= 11 is 0. The van der Waals surface area contributed by atoms with Crippen LogP contribution in [0.3, 0.4) is 0 Å². The van der Waals surface area contributed by atoms with Crippen molar-refractivity contribution >= 4 is 27.3 Å². The van der Waals surface area contributed by atoms with Crippen LogP contribution < -0.4 is 11.5 Å². The molecule has 0 saturated carbocycles. The van der Waals surface area contributed by atoms with Crippen molar-refractivity contribution in [3.8, 4) is 22.4 Å². The van der Waals surface area contributed by atoms with E-state index in [-0.39, 0.29) is 34.3 Å². The van der Waals surface area contributed by atoms with Crippen LogP contribution >= 0.6 is 0 Å². The smallest absolute Gasteiger partial charge is 0.315 e. The SMILES string of the molecule is CS(=O)(=O)c1c([C@@H]2C[C@H]3CC[C@@H](C2)N3C(N)=O)nc2c(-c3ccc(-c4ccc(F)cc4F)nc3)cnn2c1N. The first-order valence-corrected chi connectivity index (χ1v) is 14.3. The van der Waals surface area contributed by atoms with Gasteiger partial charge < -0.3 is 16.4 Å². The number of rotatable bonds is 4. The number of urea groups is 1. The number of nitrogens with zero attached hydrogens (tertiary/aromatic N) is 5. The van der Waals surface area contributed by atoms with E-state index in [1.165, 1.54) is 23.0 Å². The average Bonchev–Trinajstić information content (AvgIpc) is 3.42. The van der Waals surface area contributed by atoms with E-state index >= 15 is 0 Å². The molecule has 6 rings (SSSR count). The Labute approximate surface area is 222 Å². The summed E-state index contributed by atoms with van der Waals surface area (Å²) in [5.41, 5.74) is 14.3. The number of hydrogen-bond acceptors (Lipinski definition) is 7. The highest BCUT2D eigenvalue weighted by molar-refractivity contribution is 7.91. The second-order valence-corrected chi connectivity index (χ2v) is 12.1. The van der Waals surface area contributed by atoms with Crippen molar-refractivity contribution in [2.24, 2.45) is 5.73 Å². The third kappa shape index (κ3) is 4.17. The van der Waals surface area contributed by atoms with Crippen LogP contribution in [-0.2, 0) is 9.84 Å². The summed E-state index contributed by atoms with van der Waals surface area (Å²) in [4.78, 5) is 22.8. The summed E-state index contributed by atoms with van der Waals surface area (Å²) in [7, 11) is -3.78. The number of fused-ring (bicyclic) bond motifs is 3. The van der Waals surface area contributed by atoms with Crippen LogP contribution in [0, 0.1) is 11.6 Å². The highest BCUT2D eigenvalue weighted by Gasteiger charge is 2.44. The molecule has 2 aliphatic rings. The Hall–Kier alpha value is -4.13. The number of carbonyl (C=O) groups is 1. The van der Waals surface area contributed by atoms with E-state index in [2.05, 4.69) is 10.1 Å². The second-order valence-electron chi connectivity index (χ2n) is 10.1. The van der Waals surface area contributed by atoms with Crippen molar-refractivity contribution in [1.29, 1.82) is 0 Å². The summed E-state index contributed by atoms with van der Waals surface area (Å²) in [5.74, 6) is -1.71. The minimum atomic E-state index is -3.78. The van der Waals surface area contributed by atoms with Gasteiger partial charge in [0, 0.05) is 53.2 Å². The van der Waals surface area contributed by atoms with Gasteiger partial charge in [-0.25, -0.2) is 27.0 Å². The van der Waals surface area contributed by atoms with E-state index < -0.39 is 27.5 Å². The fraction of sp³-hybridized carbons (Fsp3) is 0.308. The number of aromatic nitrogens is 4. The van der Waals surface area contributed by atoms with E-state index in [0.717, 1.165) is 31.2 Å². The standard InChI is InChI=1S/C26H25F2N7O3S/c1-39(37,38)23-22(14-8-16-4-5-17(9-14)34(16)26(30)36)33-25-19(12-32-35(25)24(23)29)13-2-7-21(31-11-13)18-6-3-15(27)10-20(18)28/h2-3,6-7,10-12,14,16-17H,4-5,8-9,29H2,1H3,(H2,30,36)/t14-,16-,17+. The molecule has 1 aromatic carbocycles. The predicted molar refractivity (Wildman–Crippen MR) is 139 cm³/mol. The number of nitrogen functional groups attached to an aromatic ring is 1. The van der Waals surface area contributed by atoms with Gasteiger partial charge in [0.25, 0.3) is 0 Å². The van der Waals surface area contributed by atoms with E-state index in [9.17, 15) is 22.0 Å². The van der Waals surface area contributed by atoms with Crippen LogP contribution in [0.4, 0.5) is 19.4 Å². The van der Waals surface area contributed by atoms with Crippen molar-refractivity contribution < 1.29 is 22.0 Å². The van der Waals surface area contributed by atoms with E-state index in [0.29, 0.717) is 41.0 Å². The van der Waals surface area contributed by atoms with Gasteiger partial charge in [0.05, 0.1) is 17.6 Å². The lowest BCUT2D eigenvalue weighted by atomic mass is 9.88. The minimum Gasteiger partial charge on any atom is -0.382 e. The van der Waals surface area contributed by atoms with E-state index in [1.54, 1.807) is 17.0 Å². The Bertz CT molecular complexity index is 1730. The van der Waals surface area contributed by atoms with Gasteiger partial charge >= 0.3 is 6.03 Å². The number of nitrogens with two attached hydrogens (primary N) is 2. The van der Waals surface area contributed by atoms with E-state index in [4.69, 9.17) is 16.5 Å². The number of amides is 2. The lowest BCUT2D eigenvalue weighted by molar-refractivity contribution is 0.144. The molecular weight excluding hydrogens is 528 g/mol. The Morgan fingerprint density at radius 3 is 2.36 bits per heavy atom. The average molecular weight is 554 g/mol. The molecule has 4 aromatic rings. The quantitative estimate of drug-likeness (QED) is 0.393. The van der Waals surface area contributed by atoms with Crippen molar-refractivity contribution in [3.05, 3.63) is 60.1 Å². The highest BCUT2D eigenvalue weighted by Crippen LogP contribution is 2.45. The monoisotopic (exact) mass is 553 g/mol. The number of pyridine rings is 1. The number of carbonyl (C=O) groups excluding carboxylic acids is 1. The Morgan fingerprint density at radius 2 is 1.77 bits per heavy atom. The molecule has 2 fully saturated rings. The zero-order valence-corrected chi connectivity index (χ0v) is 21.7. The second kappa shape index (κ2) is 8.97. The van der Waals surface area contributed by atoms with Gasteiger partial charge in [-0.05, 0) is 43.9 Å². The largest absolute Gasteiger partial charge is 0.382 e. The molecule has 2 bridgehead atoms. The van der Waals surface area contributed by atoms with Gasteiger partial charge in [0.15, 0.2) is 15.5 Å². The maximum atomic E-state index is 14.3. The number of benzene rings is 1. The van der Waals surface area contributed by atoms with Crippen molar-refractivity contribution in [1.82, 2.24) is 24.5 Å². The number of primary amides is 1. The molecule has 10 nitrogen and oxygen atoms in total. The van der Waals surface area contributed by atoms with Gasteiger partial charge in [-0.2, -0.15) is 9.61 Å². The van der Waals surface area contributed by atoms with Crippen LogP contribution in [0.5, 0.6) is 0 Å². The van der Waals surface area contributed by atoms with Gasteiger partial charge in [-0.3, -0.25) is 4.98 Å². The van der Waals surface area contributed by atoms with Crippen LogP contribution in [0.25, 0.3) is 28.0 Å². The highest BCUT2D eigenvalue weighted by atomic mass is 32.2. The maximum absolute atomic E-state index is 14.3. The minimum absolute atomic E-state index is 0.0496. The normalized spacial score (nSPS) is 21.0. The lowest BCUT2D eigenvalue weighted by Gasteiger charge is -2.38. The Balaban J connectivity index is 1.44. The van der Waals surface area contributed by atoms with Crippen LogP contribution in [0.15, 0.2) is 47.6 Å². The molecule has 0 unspecified atom stereocenters. The first kappa shape index (κ1) is 25.2. The third-order valence-corrected chi connectivity index (χ3v) is 8.85. The zero-order valence-electron chi connectivity index (χ0n) is 20.9. The summed E-state index contributed by atoms with van der Waals surface area (Å²) in [6, 6.07) is 5.92. The van der Waals surface area contributed by atoms with Crippen molar-refractivity contribution in [3.63, 3.8) is 0 Å². The zero-order chi connectivity index (χ0) is 27.6. The number of anilines is 1. The molecule has 2 saturated heterocycles. The summed E-state index contributed by atoms with van der Waals surface area (Å²) in [5, 5.41) is 4.30. The number of sulfone groups is 1. The predicted octanol–water partition coefficient (Wildman–Crippen LogP) is 3.51. The van der Waals surface area contributed by atoms with Gasteiger partial charge in [0.2, 0.25) is 0 Å². The summed E-state index contributed by atoms with van der Waals surface area (Å²) in [6.07, 6.45) is 6.75. The van der Waals surface area contributed by atoms with Gasteiger partial charge in [0.1, 0.15) is 22.3 Å². The Morgan fingerprint density at radius 1 is 1.05 bits per heavy atom. The molecule has 3 atom stereocenters.